The van der Waals surface area contributed by atoms with Crippen molar-refractivity contribution in [2.24, 2.45) is 16.6 Å². The maximum atomic E-state index is 12.3. The molecule has 1 aromatic heterocycles. The largest absolute Gasteiger partial charge is 0.370 e. The monoisotopic (exact) mass is 405 g/mol. The first kappa shape index (κ1) is 19.4. The molecule has 1 aromatic rings. The molecule has 1 amide bonds. The van der Waals surface area contributed by atoms with Gasteiger partial charge in [-0.25, -0.2) is 4.98 Å². The molecule has 1 saturated carbocycles. The zero-order valence-corrected chi connectivity index (χ0v) is 17.3. The van der Waals surface area contributed by atoms with E-state index < -0.39 is 0 Å². The van der Waals surface area contributed by atoms with E-state index in [0.29, 0.717) is 17.8 Å². The van der Waals surface area contributed by atoms with Gasteiger partial charge in [-0.2, -0.15) is 0 Å². The summed E-state index contributed by atoms with van der Waals surface area (Å²) in [6.07, 6.45) is 5.25. The molecular formula is C19H31N7OS. The zero-order chi connectivity index (χ0) is 19.3. The van der Waals surface area contributed by atoms with Gasteiger partial charge in [0.25, 0.3) is 0 Å². The number of aromatic nitrogens is 1. The summed E-state index contributed by atoms with van der Waals surface area (Å²) in [7, 11) is 0. The van der Waals surface area contributed by atoms with Crippen LogP contribution in [0.2, 0.25) is 0 Å². The van der Waals surface area contributed by atoms with E-state index in [2.05, 4.69) is 29.6 Å². The van der Waals surface area contributed by atoms with Crippen LogP contribution in [0.5, 0.6) is 0 Å². The summed E-state index contributed by atoms with van der Waals surface area (Å²) >= 11 is 1.68. The van der Waals surface area contributed by atoms with Crippen molar-refractivity contribution in [3.63, 3.8) is 0 Å². The van der Waals surface area contributed by atoms with Crippen LogP contribution in [-0.4, -0.2) is 97.0 Å². The van der Waals surface area contributed by atoms with E-state index in [1.54, 1.807) is 11.3 Å². The van der Waals surface area contributed by atoms with E-state index in [4.69, 9.17) is 5.73 Å². The van der Waals surface area contributed by atoms with Crippen LogP contribution in [0.3, 0.4) is 0 Å². The van der Waals surface area contributed by atoms with Crippen molar-refractivity contribution in [2.45, 2.75) is 19.3 Å². The lowest BCUT2D eigenvalue weighted by molar-refractivity contribution is -0.139. The van der Waals surface area contributed by atoms with Crippen molar-refractivity contribution in [1.29, 1.82) is 0 Å². The highest BCUT2D eigenvalue weighted by Gasteiger charge is 2.31. The molecule has 154 valence electrons. The molecule has 3 heterocycles. The van der Waals surface area contributed by atoms with Crippen molar-refractivity contribution in [3.05, 3.63) is 11.6 Å². The second kappa shape index (κ2) is 9.09. The molecule has 3 fully saturated rings. The van der Waals surface area contributed by atoms with Gasteiger partial charge in [0.15, 0.2) is 11.1 Å². The summed E-state index contributed by atoms with van der Waals surface area (Å²) in [6.45, 7) is 8.86. The minimum absolute atomic E-state index is 0.312. The first-order valence-electron chi connectivity index (χ1n) is 10.4. The van der Waals surface area contributed by atoms with Crippen LogP contribution in [0.1, 0.15) is 19.3 Å². The van der Waals surface area contributed by atoms with Crippen molar-refractivity contribution in [1.82, 2.24) is 19.7 Å². The van der Waals surface area contributed by atoms with Crippen molar-refractivity contribution >= 4 is 28.3 Å². The second-order valence-electron chi connectivity index (χ2n) is 7.82. The highest BCUT2D eigenvalue weighted by molar-refractivity contribution is 7.13. The zero-order valence-electron chi connectivity index (χ0n) is 16.5. The smallest absolute Gasteiger partial charge is 0.225 e. The highest BCUT2D eigenvalue weighted by Crippen LogP contribution is 2.28. The number of piperazine rings is 2. The minimum atomic E-state index is 0.312. The predicted molar refractivity (Wildman–Crippen MR) is 113 cm³/mol. The lowest BCUT2D eigenvalue weighted by Crippen LogP contribution is -2.52. The SMILES string of the molecule is NC(=NCCN1CCN(C(=O)C2CCC2)CC1)N1CCN(c2nccs2)CC1. The molecule has 0 atom stereocenters. The topological polar surface area (TPSA) is 81.3 Å². The third kappa shape index (κ3) is 4.57. The fourth-order valence-electron chi connectivity index (χ4n) is 4.01. The van der Waals surface area contributed by atoms with Gasteiger partial charge < -0.3 is 20.4 Å². The van der Waals surface area contributed by atoms with Gasteiger partial charge in [0, 0.05) is 76.4 Å². The molecule has 1 aliphatic carbocycles. The van der Waals surface area contributed by atoms with E-state index in [9.17, 15) is 4.79 Å². The quantitative estimate of drug-likeness (QED) is 0.568. The third-order valence-corrected chi connectivity index (χ3v) is 6.95. The van der Waals surface area contributed by atoms with Gasteiger partial charge in [0.2, 0.25) is 5.91 Å². The Hall–Kier alpha value is -1.87. The van der Waals surface area contributed by atoms with Gasteiger partial charge in [0.1, 0.15) is 0 Å². The van der Waals surface area contributed by atoms with Crippen LogP contribution in [-0.2, 0) is 4.79 Å². The van der Waals surface area contributed by atoms with Crippen LogP contribution >= 0.6 is 11.3 Å². The van der Waals surface area contributed by atoms with Gasteiger partial charge in [-0.15, -0.1) is 11.3 Å². The number of rotatable bonds is 5. The Bertz CT molecular complexity index is 660. The van der Waals surface area contributed by atoms with Crippen LogP contribution in [0.25, 0.3) is 0 Å². The Labute approximate surface area is 171 Å². The number of nitrogens with two attached hydrogens (primary N) is 1. The molecule has 0 unspecified atom stereocenters. The molecule has 0 spiro atoms. The summed E-state index contributed by atoms with van der Waals surface area (Å²) < 4.78 is 0. The Morgan fingerprint density at radius 2 is 1.82 bits per heavy atom. The number of hydrogen-bond donors (Lipinski definition) is 1. The minimum Gasteiger partial charge on any atom is -0.370 e. The molecule has 28 heavy (non-hydrogen) atoms. The molecule has 9 heteroatoms. The number of nitrogens with zero attached hydrogens (tertiary/aromatic N) is 6. The Balaban J connectivity index is 1.15. The first-order valence-corrected chi connectivity index (χ1v) is 11.3. The molecule has 0 aromatic carbocycles. The summed E-state index contributed by atoms with van der Waals surface area (Å²) in [5.41, 5.74) is 6.22. The summed E-state index contributed by atoms with van der Waals surface area (Å²) in [5, 5.41) is 3.10. The van der Waals surface area contributed by atoms with E-state index >= 15 is 0 Å². The second-order valence-corrected chi connectivity index (χ2v) is 8.70. The van der Waals surface area contributed by atoms with Crippen LogP contribution in [0, 0.1) is 5.92 Å². The molecule has 8 nitrogen and oxygen atoms in total. The molecular weight excluding hydrogens is 374 g/mol. The summed E-state index contributed by atoms with van der Waals surface area (Å²) in [6, 6.07) is 0. The summed E-state index contributed by atoms with van der Waals surface area (Å²) in [4.78, 5) is 30.2. The summed E-state index contributed by atoms with van der Waals surface area (Å²) in [5.74, 6) is 1.34. The number of amides is 1. The number of anilines is 1. The van der Waals surface area contributed by atoms with Gasteiger partial charge in [0.05, 0.1) is 6.54 Å². The van der Waals surface area contributed by atoms with E-state index in [1.165, 1.54) is 6.42 Å². The highest BCUT2D eigenvalue weighted by atomic mass is 32.1. The average molecular weight is 406 g/mol. The van der Waals surface area contributed by atoms with E-state index in [0.717, 1.165) is 83.4 Å². The number of carbonyl (C=O) groups excluding carboxylic acids is 1. The molecule has 0 radical (unpaired) electrons. The van der Waals surface area contributed by atoms with Crippen LogP contribution < -0.4 is 10.6 Å². The lowest BCUT2D eigenvalue weighted by atomic mass is 9.84. The number of carbonyl (C=O) groups is 1. The molecule has 3 aliphatic rings. The van der Waals surface area contributed by atoms with E-state index in [-0.39, 0.29) is 0 Å². The van der Waals surface area contributed by atoms with Crippen LogP contribution in [0.15, 0.2) is 16.6 Å². The Kier molecular flexibility index (Phi) is 6.31. The van der Waals surface area contributed by atoms with Gasteiger partial charge >= 0.3 is 0 Å². The normalized spacial score (nSPS) is 22.4. The Morgan fingerprint density at radius 3 is 2.43 bits per heavy atom. The number of thiazole rings is 1. The van der Waals surface area contributed by atoms with Gasteiger partial charge in [-0.3, -0.25) is 14.7 Å². The van der Waals surface area contributed by atoms with Crippen molar-refractivity contribution in [2.75, 3.05) is 70.3 Å². The first-order chi connectivity index (χ1) is 13.7. The molecule has 2 saturated heterocycles. The fraction of sp³-hybridized carbons (Fsp3) is 0.737. The van der Waals surface area contributed by atoms with Crippen LogP contribution in [0.4, 0.5) is 5.13 Å². The Morgan fingerprint density at radius 1 is 1.11 bits per heavy atom. The lowest BCUT2D eigenvalue weighted by Gasteiger charge is -2.38. The molecule has 4 rings (SSSR count). The number of hydrogen-bond acceptors (Lipinski definition) is 6. The number of guanidine groups is 1. The average Bonchev–Trinajstić information content (AvgIpc) is 3.22. The molecule has 2 aliphatic heterocycles. The van der Waals surface area contributed by atoms with Gasteiger partial charge in [-0.05, 0) is 12.8 Å². The maximum Gasteiger partial charge on any atom is 0.225 e. The molecule has 0 bridgehead atoms. The standard InChI is InChI=1S/C19H31N7OS/c20-18(25-11-13-26(14-12-25)19-22-5-15-28-19)21-4-6-23-7-9-24(10-8-23)17(27)16-2-1-3-16/h5,15-16H,1-4,6-14H2,(H2,20,21). The number of aliphatic imine (C=N–C) groups is 1. The maximum absolute atomic E-state index is 12.3. The third-order valence-electron chi connectivity index (χ3n) is 6.12. The molecule has 2 N–H and O–H groups in total. The van der Waals surface area contributed by atoms with Crippen molar-refractivity contribution in [3.8, 4) is 0 Å². The fourth-order valence-corrected chi connectivity index (χ4v) is 4.71. The predicted octanol–water partition coefficient (Wildman–Crippen LogP) is 0.524. The van der Waals surface area contributed by atoms with Gasteiger partial charge in [-0.1, -0.05) is 6.42 Å². The van der Waals surface area contributed by atoms with E-state index in [1.807, 2.05) is 11.6 Å². The van der Waals surface area contributed by atoms with Crippen molar-refractivity contribution < 1.29 is 4.79 Å².